The van der Waals surface area contributed by atoms with E-state index in [2.05, 4.69) is 25.8 Å². The van der Waals surface area contributed by atoms with E-state index in [0.29, 0.717) is 16.9 Å². The van der Waals surface area contributed by atoms with Crippen molar-refractivity contribution in [3.05, 3.63) is 60.7 Å². The lowest BCUT2D eigenvalue weighted by Gasteiger charge is -2.08. The molecule has 1 N–H and O–H groups in total. The van der Waals surface area contributed by atoms with E-state index in [1.807, 2.05) is 6.07 Å². The normalized spacial score (nSPS) is 10.2. The first-order chi connectivity index (χ1) is 9.84. The van der Waals surface area contributed by atoms with Crippen molar-refractivity contribution in [2.75, 3.05) is 5.32 Å². The van der Waals surface area contributed by atoms with Crippen molar-refractivity contribution in [2.45, 2.75) is 0 Å². The van der Waals surface area contributed by atoms with Gasteiger partial charge >= 0.3 is 0 Å². The van der Waals surface area contributed by atoms with E-state index >= 15 is 0 Å². The first-order valence-electron chi connectivity index (χ1n) is 5.88. The van der Waals surface area contributed by atoms with Crippen LogP contribution in [-0.4, -0.2) is 31.1 Å². The minimum atomic E-state index is -0.246. The quantitative estimate of drug-likeness (QED) is 0.772. The number of benzene rings is 1. The van der Waals surface area contributed by atoms with Crippen molar-refractivity contribution in [2.24, 2.45) is 0 Å². The standard InChI is InChI=1S/C13H10N6O/c20-13(16-10-4-3-7-14-8-10)11-5-1-2-6-12(11)19-9-15-17-18-19/h1-9H,(H,16,20). The van der Waals surface area contributed by atoms with Gasteiger partial charge < -0.3 is 5.32 Å². The van der Waals surface area contributed by atoms with Gasteiger partial charge in [0.25, 0.3) is 5.91 Å². The van der Waals surface area contributed by atoms with Crippen molar-refractivity contribution in [3.8, 4) is 5.69 Å². The zero-order valence-corrected chi connectivity index (χ0v) is 10.3. The van der Waals surface area contributed by atoms with E-state index in [0.717, 1.165) is 0 Å². The number of tetrazole rings is 1. The Morgan fingerprint density at radius 3 is 2.80 bits per heavy atom. The highest BCUT2D eigenvalue weighted by atomic mass is 16.1. The van der Waals surface area contributed by atoms with Crippen LogP contribution in [0.1, 0.15) is 10.4 Å². The van der Waals surface area contributed by atoms with E-state index in [9.17, 15) is 4.79 Å². The molecule has 0 aliphatic rings. The summed E-state index contributed by atoms with van der Waals surface area (Å²) in [6, 6.07) is 10.6. The summed E-state index contributed by atoms with van der Waals surface area (Å²) in [4.78, 5) is 16.3. The van der Waals surface area contributed by atoms with Crippen LogP contribution in [0.4, 0.5) is 5.69 Å². The Bertz CT molecular complexity index is 711. The van der Waals surface area contributed by atoms with Crippen LogP contribution in [0.15, 0.2) is 55.1 Å². The Morgan fingerprint density at radius 1 is 1.15 bits per heavy atom. The van der Waals surface area contributed by atoms with Crippen LogP contribution in [-0.2, 0) is 0 Å². The number of para-hydroxylation sites is 1. The molecule has 0 unspecified atom stereocenters. The van der Waals surface area contributed by atoms with Crippen LogP contribution < -0.4 is 5.32 Å². The summed E-state index contributed by atoms with van der Waals surface area (Å²) >= 11 is 0. The molecule has 0 aliphatic heterocycles. The summed E-state index contributed by atoms with van der Waals surface area (Å²) in [5.41, 5.74) is 1.71. The van der Waals surface area contributed by atoms with Crippen LogP contribution in [0.2, 0.25) is 0 Å². The first-order valence-corrected chi connectivity index (χ1v) is 5.88. The predicted molar refractivity (Wildman–Crippen MR) is 71.3 cm³/mol. The molecule has 0 bridgehead atoms. The number of hydrogen-bond acceptors (Lipinski definition) is 5. The zero-order chi connectivity index (χ0) is 13.8. The monoisotopic (exact) mass is 266 g/mol. The van der Waals surface area contributed by atoms with Gasteiger partial charge in [-0.05, 0) is 34.7 Å². The lowest BCUT2D eigenvalue weighted by atomic mass is 10.1. The molecule has 20 heavy (non-hydrogen) atoms. The Morgan fingerprint density at radius 2 is 2.05 bits per heavy atom. The fourth-order valence-electron chi connectivity index (χ4n) is 1.77. The van der Waals surface area contributed by atoms with Gasteiger partial charge in [0, 0.05) is 6.20 Å². The average molecular weight is 266 g/mol. The van der Waals surface area contributed by atoms with Gasteiger partial charge in [-0.2, -0.15) is 4.68 Å². The minimum Gasteiger partial charge on any atom is -0.321 e. The topological polar surface area (TPSA) is 85.6 Å². The number of aromatic nitrogens is 5. The van der Waals surface area contributed by atoms with Crippen LogP contribution in [0.5, 0.6) is 0 Å². The second-order valence-corrected chi connectivity index (χ2v) is 3.97. The number of hydrogen-bond donors (Lipinski definition) is 1. The molecular weight excluding hydrogens is 256 g/mol. The molecule has 2 aromatic heterocycles. The molecule has 1 amide bonds. The summed E-state index contributed by atoms with van der Waals surface area (Å²) in [6.45, 7) is 0. The smallest absolute Gasteiger partial charge is 0.257 e. The average Bonchev–Trinajstić information content (AvgIpc) is 3.02. The number of rotatable bonds is 3. The Balaban J connectivity index is 1.93. The molecule has 1 aromatic carbocycles. The Hall–Kier alpha value is -3.09. The molecule has 7 nitrogen and oxygen atoms in total. The fourth-order valence-corrected chi connectivity index (χ4v) is 1.77. The summed E-state index contributed by atoms with van der Waals surface area (Å²) < 4.78 is 1.44. The summed E-state index contributed by atoms with van der Waals surface area (Å²) in [6.07, 6.45) is 4.67. The SMILES string of the molecule is O=C(Nc1cccnc1)c1ccccc1-n1cnnn1. The fraction of sp³-hybridized carbons (Fsp3) is 0. The molecule has 0 saturated heterocycles. The molecule has 0 saturated carbocycles. The highest BCUT2D eigenvalue weighted by Crippen LogP contribution is 2.14. The largest absolute Gasteiger partial charge is 0.321 e. The third kappa shape index (κ3) is 2.37. The molecule has 3 rings (SSSR count). The number of carbonyl (C=O) groups is 1. The number of nitrogens with zero attached hydrogens (tertiary/aromatic N) is 5. The van der Waals surface area contributed by atoms with E-state index in [-0.39, 0.29) is 5.91 Å². The van der Waals surface area contributed by atoms with Gasteiger partial charge in [0.15, 0.2) is 0 Å². The number of carbonyl (C=O) groups excluding carboxylic acids is 1. The van der Waals surface area contributed by atoms with Crippen molar-refractivity contribution < 1.29 is 4.79 Å². The molecule has 0 fully saturated rings. The molecule has 3 aromatic rings. The maximum atomic E-state index is 12.3. The molecule has 0 atom stereocenters. The third-order valence-electron chi connectivity index (χ3n) is 2.66. The molecule has 0 aliphatic carbocycles. The van der Waals surface area contributed by atoms with Gasteiger partial charge in [0.2, 0.25) is 0 Å². The minimum absolute atomic E-state index is 0.246. The van der Waals surface area contributed by atoms with E-state index < -0.39 is 0 Å². The van der Waals surface area contributed by atoms with E-state index in [1.54, 1.807) is 42.7 Å². The maximum Gasteiger partial charge on any atom is 0.257 e. The van der Waals surface area contributed by atoms with Gasteiger partial charge in [0.05, 0.1) is 23.1 Å². The summed E-state index contributed by atoms with van der Waals surface area (Å²) in [5, 5.41) is 13.7. The van der Waals surface area contributed by atoms with Gasteiger partial charge in [-0.15, -0.1) is 5.10 Å². The Kier molecular flexibility index (Phi) is 3.15. The number of pyridine rings is 1. The summed E-state index contributed by atoms with van der Waals surface area (Å²) in [7, 11) is 0. The van der Waals surface area contributed by atoms with Crippen LogP contribution in [0.3, 0.4) is 0 Å². The molecule has 98 valence electrons. The lowest BCUT2D eigenvalue weighted by molar-refractivity contribution is 0.102. The van der Waals surface area contributed by atoms with Crippen molar-refractivity contribution in [1.29, 1.82) is 0 Å². The van der Waals surface area contributed by atoms with E-state index in [4.69, 9.17) is 0 Å². The van der Waals surface area contributed by atoms with Gasteiger partial charge in [0.1, 0.15) is 6.33 Å². The third-order valence-corrected chi connectivity index (χ3v) is 2.66. The predicted octanol–water partition coefficient (Wildman–Crippen LogP) is 1.31. The molecule has 0 spiro atoms. The number of anilines is 1. The highest BCUT2D eigenvalue weighted by Gasteiger charge is 2.13. The summed E-state index contributed by atoms with van der Waals surface area (Å²) in [5.74, 6) is -0.246. The second kappa shape index (κ2) is 5.27. The van der Waals surface area contributed by atoms with Crippen LogP contribution >= 0.6 is 0 Å². The van der Waals surface area contributed by atoms with E-state index in [1.165, 1.54) is 11.0 Å². The van der Waals surface area contributed by atoms with Gasteiger partial charge in [-0.3, -0.25) is 9.78 Å². The van der Waals surface area contributed by atoms with Crippen molar-refractivity contribution in [3.63, 3.8) is 0 Å². The Labute approximate surface area is 114 Å². The molecular formula is C13H10N6O. The number of amides is 1. The van der Waals surface area contributed by atoms with Crippen molar-refractivity contribution in [1.82, 2.24) is 25.2 Å². The van der Waals surface area contributed by atoms with Crippen LogP contribution in [0, 0.1) is 0 Å². The van der Waals surface area contributed by atoms with Gasteiger partial charge in [-0.25, -0.2) is 0 Å². The number of nitrogens with one attached hydrogen (secondary N) is 1. The van der Waals surface area contributed by atoms with Gasteiger partial charge in [-0.1, -0.05) is 12.1 Å². The highest BCUT2D eigenvalue weighted by molar-refractivity contribution is 6.06. The van der Waals surface area contributed by atoms with Crippen molar-refractivity contribution >= 4 is 11.6 Å². The lowest BCUT2D eigenvalue weighted by Crippen LogP contribution is -2.15. The molecule has 2 heterocycles. The molecule has 7 heteroatoms. The van der Waals surface area contributed by atoms with Crippen LogP contribution in [0.25, 0.3) is 5.69 Å². The second-order valence-electron chi connectivity index (χ2n) is 3.97. The first kappa shape index (κ1) is 12.0. The zero-order valence-electron chi connectivity index (χ0n) is 10.3. The molecule has 0 radical (unpaired) electrons. The maximum absolute atomic E-state index is 12.3.